The number of aromatic nitrogens is 2. The Bertz CT molecular complexity index is 399. The fraction of sp³-hybridized carbons (Fsp3) is 0.667. The van der Waals surface area contributed by atoms with Crippen LogP contribution in [0, 0.1) is 5.92 Å². The highest BCUT2D eigenvalue weighted by Crippen LogP contribution is 2.18. The minimum absolute atomic E-state index is 0.0305. The van der Waals surface area contributed by atoms with E-state index in [1.807, 2.05) is 6.92 Å². The quantitative estimate of drug-likeness (QED) is 0.812. The number of hydrogen-bond acceptors (Lipinski definition) is 4. The second-order valence-electron chi connectivity index (χ2n) is 4.78. The van der Waals surface area contributed by atoms with Crippen molar-refractivity contribution in [1.82, 2.24) is 15.1 Å². The van der Waals surface area contributed by atoms with Crippen LogP contribution in [0.5, 0.6) is 0 Å². The van der Waals surface area contributed by atoms with Crippen molar-refractivity contribution in [1.29, 1.82) is 0 Å². The molecule has 1 aliphatic heterocycles. The highest BCUT2D eigenvalue weighted by molar-refractivity contribution is 5.76. The number of nitrogen functional groups attached to an aromatic ring is 1. The van der Waals surface area contributed by atoms with Gasteiger partial charge in [-0.05, 0) is 25.7 Å². The molecule has 2 heterocycles. The lowest BCUT2D eigenvalue weighted by Crippen LogP contribution is -2.41. The normalized spacial score (nSPS) is 18.5. The van der Waals surface area contributed by atoms with Crippen LogP contribution in [0.2, 0.25) is 0 Å². The summed E-state index contributed by atoms with van der Waals surface area (Å²) in [5.74, 6) is 0.475. The van der Waals surface area contributed by atoms with E-state index in [1.165, 1.54) is 6.20 Å². The van der Waals surface area contributed by atoms with E-state index >= 15 is 0 Å². The molecule has 6 nitrogen and oxygen atoms in total. The van der Waals surface area contributed by atoms with Crippen LogP contribution in [0.1, 0.15) is 19.8 Å². The van der Waals surface area contributed by atoms with E-state index in [1.54, 1.807) is 10.9 Å². The van der Waals surface area contributed by atoms with Gasteiger partial charge in [0.25, 0.3) is 0 Å². The van der Waals surface area contributed by atoms with Gasteiger partial charge in [-0.2, -0.15) is 5.10 Å². The molecule has 100 valence electrons. The molecule has 1 aromatic rings. The van der Waals surface area contributed by atoms with Gasteiger partial charge < -0.3 is 15.8 Å². The molecule has 0 spiro atoms. The van der Waals surface area contributed by atoms with Gasteiger partial charge in [-0.1, -0.05) is 0 Å². The molecule has 1 fully saturated rings. The summed E-state index contributed by atoms with van der Waals surface area (Å²) in [4.78, 5) is 11.8. The second kappa shape index (κ2) is 5.86. The molecule has 1 unspecified atom stereocenters. The number of nitrogens with one attached hydrogen (secondary N) is 1. The minimum Gasteiger partial charge on any atom is -0.396 e. The lowest BCUT2D eigenvalue weighted by molar-refractivity contribution is -0.123. The Balaban J connectivity index is 1.79. The van der Waals surface area contributed by atoms with Crippen LogP contribution < -0.4 is 11.1 Å². The van der Waals surface area contributed by atoms with E-state index in [-0.39, 0.29) is 18.5 Å². The number of nitrogens with zero attached hydrogens (tertiary/aromatic N) is 2. The first-order valence-corrected chi connectivity index (χ1v) is 6.30. The number of rotatable bonds is 4. The first-order chi connectivity index (χ1) is 8.65. The van der Waals surface area contributed by atoms with Crippen LogP contribution >= 0.6 is 0 Å². The van der Waals surface area contributed by atoms with E-state index in [4.69, 9.17) is 10.5 Å². The Kier molecular flexibility index (Phi) is 4.19. The average molecular weight is 252 g/mol. The summed E-state index contributed by atoms with van der Waals surface area (Å²) in [5.41, 5.74) is 6.11. The third-order valence-corrected chi connectivity index (χ3v) is 3.32. The monoisotopic (exact) mass is 252 g/mol. The molecule has 0 saturated carbocycles. The molecule has 1 aromatic heterocycles. The van der Waals surface area contributed by atoms with Crippen molar-refractivity contribution >= 4 is 11.6 Å². The minimum atomic E-state index is -0.0305. The summed E-state index contributed by atoms with van der Waals surface area (Å²) in [6, 6.07) is 0.175. The third-order valence-electron chi connectivity index (χ3n) is 3.32. The SMILES string of the molecule is CC(NC(=O)Cn1cc(N)cn1)C1CCOCC1. The van der Waals surface area contributed by atoms with Crippen molar-refractivity contribution in [3.63, 3.8) is 0 Å². The highest BCUT2D eigenvalue weighted by Gasteiger charge is 2.21. The fourth-order valence-corrected chi connectivity index (χ4v) is 2.25. The molecule has 0 aromatic carbocycles. The third kappa shape index (κ3) is 3.46. The van der Waals surface area contributed by atoms with Crippen LogP contribution in [0.15, 0.2) is 12.4 Å². The van der Waals surface area contributed by atoms with Gasteiger partial charge in [0.1, 0.15) is 6.54 Å². The smallest absolute Gasteiger partial charge is 0.241 e. The average Bonchev–Trinajstić information content (AvgIpc) is 2.75. The summed E-state index contributed by atoms with van der Waals surface area (Å²) < 4.78 is 6.86. The van der Waals surface area contributed by atoms with Gasteiger partial charge in [-0.15, -0.1) is 0 Å². The van der Waals surface area contributed by atoms with Gasteiger partial charge in [0.05, 0.1) is 11.9 Å². The van der Waals surface area contributed by atoms with Gasteiger partial charge in [-0.3, -0.25) is 9.48 Å². The van der Waals surface area contributed by atoms with Crippen molar-refractivity contribution in [2.24, 2.45) is 5.92 Å². The van der Waals surface area contributed by atoms with Gasteiger partial charge in [0.15, 0.2) is 0 Å². The zero-order chi connectivity index (χ0) is 13.0. The Labute approximate surface area is 106 Å². The largest absolute Gasteiger partial charge is 0.396 e. The van der Waals surface area contributed by atoms with Crippen LogP contribution in [0.3, 0.4) is 0 Å². The van der Waals surface area contributed by atoms with Crippen molar-refractivity contribution in [2.45, 2.75) is 32.4 Å². The maximum absolute atomic E-state index is 11.8. The predicted octanol–water partition coefficient (Wildman–Crippen LogP) is 0.397. The molecule has 0 aliphatic carbocycles. The zero-order valence-corrected chi connectivity index (χ0v) is 10.6. The number of amides is 1. The second-order valence-corrected chi connectivity index (χ2v) is 4.78. The van der Waals surface area contributed by atoms with Crippen LogP contribution in [0.25, 0.3) is 0 Å². The molecule has 0 radical (unpaired) electrons. The number of carbonyl (C=O) groups is 1. The van der Waals surface area contributed by atoms with Crippen molar-refractivity contribution in [3.8, 4) is 0 Å². The van der Waals surface area contributed by atoms with Crippen LogP contribution in [-0.2, 0) is 16.1 Å². The maximum atomic E-state index is 11.8. The molecule has 1 amide bonds. The summed E-state index contributed by atoms with van der Waals surface area (Å²) in [7, 11) is 0. The summed E-state index contributed by atoms with van der Waals surface area (Å²) >= 11 is 0. The number of nitrogens with two attached hydrogens (primary N) is 1. The van der Waals surface area contributed by atoms with E-state index in [2.05, 4.69) is 10.4 Å². The molecular weight excluding hydrogens is 232 g/mol. The Hall–Kier alpha value is -1.56. The van der Waals surface area contributed by atoms with Gasteiger partial charge >= 0.3 is 0 Å². The molecular formula is C12H20N4O2. The van der Waals surface area contributed by atoms with Gasteiger partial charge in [-0.25, -0.2) is 0 Å². The molecule has 3 N–H and O–H groups in total. The lowest BCUT2D eigenvalue weighted by Gasteiger charge is -2.28. The standard InChI is InChI=1S/C12H20N4O2/c1-9(10-2-4-18-5-3-10)15-12(17)8-16-7-11(13)6-14-16/h6-7,9-10H,2-5,8,13H2,1H3,(H,15,17). The van der Waals surface area contributed by atoms with E-state index in [9.17, 15) is 4.79 Å². The molecule has 0 bridgehead atoms. The number of ether oxygens (including phenoxy) is 1. The molecule has 2 rings (SSSR count). The molecule has 6 heteroatoms. The number of hydrogen-bond donors (Lipinski definition) is 2. The summed E-state index contributed by atoms with van der Waals surface area (Å²) in [6.45, 7) is 3.84. The van der Waals surface area contributed by atoms with E-state index < -0.39 is 0 Å². The van der Waals surface area contributed by atoms with Crippen molar-refractivity contribution in [2.75, 3.05) is 18.9 Å². The maximum Gasteiger partial charge on any atom is 0.241 e. The van der Waals surface area contributed by atoms with Gasteiger partial charge in [0, 0.05) is 25.5 Å². The topological polar surface area (TPSA) is 82.2 Å². The Morgan fingerprint density at radius 3 is 3.00 bits per heavy atom. The van der Waals surface area contributed by atoms with E-state index in [0.717, 1.165) is 26.1 Å². The number of carbonyl (C=O) groups excluding carboxylic acids is 1. The molecule has 1 aliphatic rings. The first-order valence-electron chi connectivity index (χ1n) is 6.30. The van der Waals surface area contributed by atoms with Crippen LogP contribution in [-0.4, -0.2) is 34.9 Å². The summed E-state index contributed by atoms with van der Waals surface area (Å²) in [6.07, 6.45) is 5.21. The highest BCUT2D eigenvalue weighted by atomic mass is 16.5. The van der Waals surface area contributed by atoms with Crippen LogP contribution in [0.4, 0.5) is 5.69 Å². The fourth-order valence-electron chi connectivity index (χ4n) is 2.25. The first kappa shape index (κ1) is 12.9. The predicted molar refractivity (Wildman–Crippen MR) is 67.8 cm³/mol. The molecule has 1 atom stereocenters. The van der Waals surface area contributed by atoms with Crippen molar-refractivity contribution < 1.29 is 9.53 Å². The van der Waals surface area contributed by atoms with E-state index in [0.29, 0.717) is 11.6 Å². The summed E-state index contributed by atoms with van der Waals surface area (Å²) in [5, 5.41) is 7.00. The molecule has 1 saturated heterocycles. The Morgan fingerprint density at radius 2 is 2.39 bits per heavy atom. The lowest BCUT2D eigenvalue weighted by atomic mass is 9.93. The Morgan fingerprint density at radius 1 is 1.67 bits per heavy atom. The number of anilines is 1. The zero-order valence-electron chi connectivity index (χ0n) is 10.6. The van der Waals surface area contributed by atoms with Crippen molar-refractivity contribution in [3.05, 3.63) is 12.4 Å². The molecule has 18 heavy (non-hydrogen) atoms. The van der Waals surface area contributed by atoms with Gasteiger partial charge in [0.2, 0.25) is 5.91 Å².